The predicted octanol–water partition coefficient (Wildman–Crippen LogP) is 4.18. The number of carbonyl (C=O) groups excluding carboxylic acids is 1. The van der Waals surface area contributed by atoms with Crippen LogP contribution in [0.15, 0.2) is 30.7 Å². The van der Waals surface area contributed by atoms with E-state index in [1.807, 2.05) is 19.1 Å². The van der Waals surface area contributed by atoms with Crippen molar-refractivity contribution in [3.63, 3.8) is 0 Å². The molecule has 5 heteroatoms. The van der Waals surface area contributed by atoms with E-state index < -0.39 is 0 Å². The highest BCUT2D eigenvalue weighted by Crippen LogP contribution is 2.29. The second-order valence-electron chi connectivity index (χ2n) is 6.94. The van der Waals surface area contributed by atoms with Gasteiger partial charge >= 0.3 is 6.09 Å². The number of pyridine rings is 1. The van der Waals surface area contributed by atoms with Crippen molar-refractivity contribution in [3.8, 4) is 5.75 Å². The molecular weight excluding hydrogens is 304 g/mol. The van der Waals surface area contributed by atoms with E-state index >= 15 is 0 Å². The van der Waals surface area contributed by atoms with Crippen LogP contribution >= 0.6 is 0 Å². The third-order valence-corrected chi connectivity index (χ3v) is 4.21. The fourth-order valence-electron chi connectivity index (χ4n) is 3.03. The maximum atomic E-state index is 12.1. The molecule has 1 amide bonds. The van der Waals surface area contributed by atoms with Crippen molar-refractivity contribution < 1.29 is 14.3 Å². The van der Waals surface area contributed by atoms with Gasteiger partial charge in [-0.15, -0.1) is 0 Å². The SMILES string of the molecule is C=C(C)OC(=O)N1CCC(C(CC(C)C)Oc2cccnc2C)C1. The highest BCUT2D eigenvalue weighted by Gasteiger charge is 2.34. The minimum atomic E-state index is -0.314. The van der Waals surface area contributed by atoms with Gasteiger partial charge in [0.25, 0.3) is 0 Å². The molecule has 2 atom stereocenters. The zero-order chi connectivity index (χ0) is 17.7. The van der Waals surface area contributed by atoms with E-state index in [-0.39, 0.29) is 12.2 Å². The maximum Gasteiger partial charge on any atom is 0.414 e. The molecular formula is C19H28N2O3. The van der Waals surface area contributed by atoms with E-state index in [2.05, 4.69) is 25.4 Å². The minimum absolute atomic E-state index is 0.0653. The Morgan fingerprint density at radius 2 is 2.25 bits per heavy atom. The van der Waals surface area contributed by atoms with Crippen molar-refractivity contribution in [1.29, 1.82) is 0 Å². The minimum Gasteiger partial charge on any atom is -0.488 e. The van der Waals surface area contributed by atoms with Crippen molar-refractivity contribution in [2.45, 2.75) is 46.6 Å². The number of ether oxygens (including phenoxy) is 2. The van der Waals surface area contributed by atoms with Crippen molar-refractivity contribution >= 4 is 6.09 Å². The van der Waals surface area contributed by atoms with E-state index in [1.165, 1.54) is 0 Å². The fraction of sp³-hybridized carbons (Fsp3) is 0.579. The lowest BCUT2D eigenvalue weighted by Gasteiger charge is -2.27. The molecule has 1 aromatic heterocycles. The number of rotatable bonds is 6. The first-order chi connectivity index (χ1) is 11.4. The Bertz CT molecular complexity index is 586. The number of aromatic nitrogens is 1. The van der Waals surface area contributed by atoms with Crippen LogP contribution in [0.3, 0.4) is 0 Å². The number of allylic oxidation sites excluding steroid dienone is 1. The highest BCUT2D eigenvalue weighted by atomic mass is 16.6. The Hall–Kier alpha value is -2.04. The van der Waals surface area contributed by atoms with Gasteiger partial charge in [0.05, 0.1) is 11.5 Å². The second-order valence-corrected chi connectivity index (χ2v) is 6.94. The number of hydrogen-bond donors (Lipinski definition) is 0. The molecule has 0 bridgehead atoms. The van der Waals surface area contributed by atoms with Gasteiger partial charge in [-0.05, 0) is 44.7 Å². The molecule has 0 radical (unpaired) electrons. The van der Waals surface area contributed by atoms with Crippen molar-refractivity contribution in [2.24, 2.45) is 11.8 Å². The van der Waals surface area contributed by atoms with Gasteiger partial charge in [0.2, 0.25) is 0 Å². The van der Waals surface area contributed by atoms with Crippen LogP contribution < -0.4 is 4.74 Å². The summed E-state index contributed by atoms with van der Waals surface area (Å²) in [7, 11) is 0. The monoisotopic (exact) mass is 332 g/mol. The van der Waals surface area contributed by atoms with Gasteiger partial charge in [0.15, 0.2) is 0 Å². The standard InChI is InChI=1S/C19H28N2O3/c1-13(2)11-18(24-17-7-6-9-20-15(17)5)16-8-10-21(12-16)19(22)23-14(3)4/h6-7,9,13,16,18H,3,8,10-12H2,1-2,4-5H3. The van der Waals surface area contributed by atoms with Gasteiger partial charge < -0.3 is 14.4 Å². The summed E-state index contributed by atoms with van der Waals surface area (Å²) >= 11 is 0. The molecule has 2 heterocycles. The number of aryl methyl sites for hydroxylation is 1. The molecule has 2 unspecified atom stereocenters. The van der Waals surface area contributed by atoms with Crippen LogP contribution in [0.4, 0.5) is 4.79 Å². The van der Waals surface area contributed by atoms with Crippen LogP contribution in [0, 0.1) is 18.8 Å². The quantitative estimate of drug-likeness (QED) is 0.734. The van der Waals surface area contributed by atoms with Gasteiger partial charge in [0.1, 0.15) is 11.9 Å². The van der Waals surface area contributed by atoms with Crippen LogP contribution in [0.1, 0.15) is 39.3 Å². The topological polar surface area (TPSA) is 51.7 Å². The predicted molar refractivity (Wildman–Crippen MR) is 93.8 cm³/mol. The third kappa shape index (κ3) is 4.98. The molecule has 1 aliphatic rings. The smallest absolute Gasteiger partial charge is 0.414 e. The lowest BCUT2D eigenvalue weighted by atomic mass is 9.93. The first-order valence-corrected chi connectivity index (χ1v) is 8.57. The Morgan fingerprint density at radius 1 is 1.50 bits per heavy atom. The first-order valence-electron chi connectivity index (χ1n) is 8.57. The number of amides is 1. The Kier molecular flexibility index (Phi) is 6.23. The lowest BCUT2D eigenvalue weighted by molar-refractivity contribution is 0.105. The maximum absolute atomic E-state index is 12.1. The number of hydrogen-bond acceptors (Lipinski definition) is 4. The average Bonchev–Trinajstić information content (AvgIpc) is 2.97. The number of nitrogens with zero attached hydrogens (tertiary/aromatic N) is 2. The molecule has 5 nitrogen and oxygen atoms in total. The molecule has 132 valence electrons. The van der Waals surface area contributed by atoms with Gasteiger partial charge in [0, 0.05) is 25.2 Å². The first kappa shape index (κ1) is 18.3. The van der Waals surface area contributed by atoms with Crippen molar-refractivity contribution in [2.75, 3.05) is 13.1 Å². The van der Waals surface area contributed by atoms with E-state index in [9.17, 15) is 4.79 Å². The molecule has 1 saturated heterocycles. The van der Waals surface area contributed by atoms with Gasteiger partial charge in [-0.3, -0.25) is 4.98 Å². The molecule has 1 aliphatic heterocycles. The fourth-order valence-corrected chi connectivity index (χ4v) is 3.03. The number of carbonyl (C=O) groups is 1. The van der Waals surface area contributed by atoms with E-state index in [4.69, 9.17) is 9.47 Å². The van der Waals surface area contributed by atoms with Gasteiger partial charge in [-0.1, -0.05) is 20.4 Å². The molecule has 2 rings (SSSR count). The summed E-state index contributed by atoms with van der Waals surface area (Å²) in [5.41, 5.74) is 0.891. The summed E-state index contributed by atoms with van der Waals surface area (Å²) in [6.07, 6.45) is 3.39. The molecule has 1 aromatic rings. The Labute approximate surface area is 144 Å². The van der Waals surface area contributed by atoms with Gasteiger partial charge in [-0.2, -0.15) is 0 Å². The largest absolute Gasteiger partial charge is 0.488 e. The summed E-state index contributed by atoms with van der Waals surface area (Å²) in [6.45, 7) is 13.0. The van der Waals surface area contributed by atoms with Crippen molar-refractivity contribution in [3.05, 3.63) is 36.4 Å². The van der Waals surface area contributed by atoms with Crippen LogP contribution in [0.2, 0.25) is 0 Å². The summed E-state index contributed by atoms with van der Waals surface area (Å²) in [4.78, 5) is 18.1. The van der Waals surface area contributed by atoms with Gasteiger partial charge in [-0.25, -0.2) is 4.79 Å². The highest BCUT2D eigenvalue weighted by molar-refractivity contribution is 5.69. The molecule has 24 heavy (non-hydrogen) atoms. The molecule has 1 fully saturated rings. The Balaban J connectivity index is 2.05. The van der Waals surface area contributed by atoms with Crippen LogP contribution in [0.5, 0.6) is 5.75 Å². The number of likely N-dealkylation sites (tertiary alicyclic amines) is 1. The average molecular weight is 332 g/mol. The lowest BCUT2D eigenvalue weighted by Crippen LogP contribution is -2.34. The summed E-state index contributed by atoms with van der Waals surface area (Å²) in [5.74, 6) is 2.06. The zero-order valence-corrected chi connectivity index (χ0v) is 15.1. The normalized spacial score (nSPS) is 18.5. The molecule has 0 N–H and O–H groups in total. The van der Waals surface area contributed by atoms with Crippen LogP contribution in [-0.4, -0.2) is 35.2 Å². The molecule has 0 aliphatic carbocycles. The summed E-state index contributed by atoms with van der Waals surface area (Å²) in [5, 5.41) is 0. The van der Waals surface area contributed by atoms with E-state index in [0.717, 1.165) is 24.3 Å². The van der Waals surface area contributed by atoms with E-state index in [1.54, 1.807) is 18.0 Å². The zero-order valence-electron chi connectivity index (χ0n) is 15.1. The Morgan fingerprint density at radius 3 is 2.88 bits per heavy atom. The third-order valence-electron chi connectivity index (χ3n) is 4.21. The van der Waals surface area contributed by atoms with Crippen LogP contribution in [0.25, 0.3) is 0 Å². The second kappa shape index (κ2) is 8.18. The summed E-state index contributed by atoms with van der Waals surface area (Å²) in [6, 6.07) is 3.84. The molecule has 0 aromatic carbocycles. The molecule has 0 spiro atoms. The van der Waals surface area contributed by atoms with Crippen LogP contribution in [-0.2, 0) is 4.74 Å². The van der Waals surface area contributed by atoms with E-state index in [0.29, 0.717) is 30.7 Å². The molecule has 0 saturated carbocycles. The summed E-state index contributed by atoms with van der Waals surface area (Å²) < 4.78 is 11.4. The van der Waals surface area contributed by atoms with Crippen molar-refractivity contribution in [1.82, 2.24) is 9.88 Å².